The van der Waals surface area contributed by atoms with Gasteiger partial charge in [-0.2, -0.15) is 15.1 Å². The predicted molar refractivity (Wildman–Crippen MR) is 124 cm³/mol. The van der Waals surface area contributed by atoms with E-state index in [1.165, 1.54) is 0 Å². The third kappa shape index (κ3) is 4.39. The summed E-state index contributed by atoms with van der Waals surface area (Å²) in [5, 5.41) is 8.51. The van der Waals surface area contributed by atoms with Crippen molar-refractivity contribution < 1.29 is 18.3 Å². The van der Waals surface area contributed by atoms with Crippen LogP contribution in [0.2, 0.25) is 0 Å². The van der Waals surface area contributed by atoms with Crippen molar-refractivity contribution in [3.05, 3.63) is 35.8 Å². The van der Waals surface area contributed by atoms with Gasteiger partial charge in [0.1, 0.15) is 11.5 Å². The molecule has 1 N–H and O–H groups in total. The number of carbonyl (C=O) groups is 1. The van der Waals surface area contributed by atoms with Crippen LogP contribution >= 0.6 is 0 Å². The second-order valence-corrected chi connectivity index (χ2v) is 9.97. The lowest BCUT2D eigenvalue weighted by atomic mass is 9.92. The van der Waals surface area contributed by atoms with Gasteiger partial charge in [0, 0.05) is 42.4 Å². The highest BCUT2D eigenvalue weighted by Crippen LogP contribution is 2.38. The standard InChI is InChI=1S/C24H27F2N7O2/c1-14-9-16(14)11-35-23-28-18(22(34)33-12-24(25,26)13-33)10-19(29-23)32-7-4-15(5-8-32)20-17-3-2-6-27-21(17)31-30-20/h2-3,6,10,14-16H,4-5,7-9,11-13H2,1H3,(H,27,30,31)/t14-,16-/m1/s1. The van der Waals surface area contributed by atoms with Gasteiger partial charge in [0.2, 0.25) is 0 Å². The number of hydrogen-bond acceptors (Lipinski definition) is 7. The maximum absolute atomic E-state index is 13.3. The van der Waals surface area contributed by atoms with Gasteiger partial charge in [0.05, 0.1) is 19.7 Å². The van der Waals surface area contributed by atoms with E-state index in [1.807, 2.05) is 12.1 Å². The Hall–Kier alpha value is -3.37. The average Bonchev–Trinajstić information content (AvgIpc) is 3.39. The van der Waals surface area contributed by atoms with Crippen LogP contribution in [0.4, 0.5) is 14.6 Å². The molecule has 3 fully saturated rings. The fraction of sp³-hybridized carbons (Fsp3) is 0.542. The summed E-state index contributed by atoms with van der Waals surface area (Å²) in [7, 11) is 0. The molecule has 35 heavy (non-hydrogen) atoms. The summed E-state index contributed by atoms with van der Waals surface area (Å²) in [6, 6.07) is 5.67. The molecule has 3 aliphatic rings. The van der Waals surface area contributed by atoms with E-state index < -0.39 is 24.9 Å². The normalized spacial score (nSPS) is 23.9. The van der Waals surface area contributed by atoms with Gasteiger partial charge in [-0.25, -0.2) is 13.8 Å². The van der Waals surface area contributed by atoms with E-state index >= 15 is 0 Å². The largest absolute Gasteiger partial charge is 0.463 e. The summed E-state index contributed by atoms with van der Waals surface area (Å²) < 4.78 is 32.5. The minimum absolute atomic E-state index is 0.0945. The van der Waals surface area contributed by atoms with Crippen molar-refractivity contribution in [3.8, 4) is 6.01 Å². The first-order valence-electron chi connectivity index (χ1n) is 12.1. The number of H-pyrrole nitrogens is 1. The summed E-state index contributed by atoms with van der Waals surface area (Å²) in [4.78, 5) is 29.2. The van der Waals surface area contributed by atoms with Gasteiger partial charge in [-0.15, -0.1) is 0 Å². The molecule has 0 bridgehead atoms. The van der Waals surface area contributed by atoms with E-state index in [-0.39, 0.29) is 11.7 Å². The Morgan fingerprint density at radius 3 is 2.74 bits per heavy atom. The Kier molecular flexibility index (Phi) is 5.30. The van der Waals surface area contributed by atoms with Gasteiger partial charge in [-0.1, -0.05) is 6.92 Å². The quantitative estimate of drug-likeness (QED) is 0.574. The zero-order chi connectivity index (χ0) is 24.2. The first kappa shape index (κ1) is 22.1. The Labute approximate surface area is 200 Å². The van der Waals surface area contributed by atoms with Crippen LogP contribution in [0.5, 0.6) is 6.01 Å². The number of nitrogens with zero attached hydrogens (tertiary/aromatic N) is 6. The van der Waals surface area contributed by atoms with Crippen LogP contribution in [0.1, 0.15) is 48.3 Å². The van der Waals surface area contributed by atoms with Crippen LogP contribution in [0.15, 0.2) is 24.4 Å². The van der Waals surface area contributed by atoms with Crippen molar-refractivity contribution >= 4 is 22.8 Å². The number of hydrogen-bond donors (Lipinski definition) is 1. The number of anilines is 1. The summed E-state index contributed by atoms with van der Waals surface area (Å²) in [5.74, 6) is -1.39. The molecule has 2 aliphatic heterocycles. The van der Waals surface area contributed by atoms with E-state index in [4.69, 9.17) is 4.74 Å². The van der Waals surface area contributed by atoms with E-state index in [0.29, 0.717) is 35.8 Å². The molecule has 3 aromatic rings. The topological polar surface area (TPSA) is 100 Å². The monoisotopic (exact) mass is 483 g/mol. The van der Waals surface area contributed by atoms with Crippen molar-refractivity contribution in [1.29, 1.82) is 0 Å². The maximum atomic E-state index is 13.3. The summed E-state index contributed by atoms with van der Waals surface area (Å²) in [6.45, 7) is 2.92. The molecule has 0 unspecified atom stereocenters. The van der Waals surface area contributed by atoms with Gasteiger partial charge >= 0.3 is 6.01 Å². The third-order valence-electron chi connectivity index (χ3n) is 7.33. The molecule has 2 atom stereocenters. The van der Waals surface area contributed by atoms with Crippen molar-refractivity contribution in [2.75, 3.05) is 37.7 Å². The van der Waals surface area contributed by atoms with Gasteiger partial charge in [0.25, 0.3) is 11.8 Å². The molecule has 0 aromatic carbocycles. The zero-order valence-electron chi connectivity index (χ0n) is 19.5. The number of rotatable bonds is 6. The molecule has 0 radical (unpaired) electrons. The lowest BCUT2D eigenvalue weighted by Gasteiger charge is -2.38. The Morgan fingerprint density at radius 1 is 1.26 bits per heavy atom. The maximum Gasteiger partial charge on any atom is 0.319 e. The predicted octanol–water partition coefficient (Wildman–Crippen LogP) is 3.26. The minimum Gasteiger partial charge on any atom is -0.463 e. The number of aromatic nitrogens is 5. The molecule has 3 aromatic heterocycles. The molecule has 2 saturated heterocycles. The fourth-order valence-electron chi connectivity index (χ4n) is 4.96. The Morgan fingerprint density at radius 2 is 2.03 bits per heavy atom. The molecule has 6 rings (SSSR count). The van der Waals surface area contributed by atoms with Crippen LogP contribution in [-0.2, 0) is 0 Å². The van der Waals surface area contributed by atoms with Crippen molar-refractivity contribution in [3.63, 3.8) is 0 Å². The number of fused-ring (bicyclic) bond motifs is 1. The zero-order valence-corrected chi connectivity index (χ0v) is 19.5. The van der Waals surface area contributed by atoms with Gasteiger partial charge in [-0.05, 0) is 43.2 Å². The van der Waals surface area contributed by atoms with Gasteiger partial charge in [-0.3, -0.25) is 9.89 Å². The van der Waals surface area contributed by atoms with Gasteiger partial charge in [0.15, 0.2) is 5.65 Å². The molecular weight excluding hydrogens is 456 g/mol. The number of halogens is 2. The number of ether oxygens (including phenoxy) is 1. The lowest BCUT2D eigenvalue weighted by molar-refractivity contribution is -0.113. The summed E-state index contributed by atoms with van der Waals surface area (Å²) >= 11 is 0. The second kappa shape index (κ2) is 8.39. The molecule has 1 amide bonds. The molecular formula is C24H27F2N7O2. The van der Waals surface area contributed by atoms with Crippen molar-refractivity contribution in [2.24, 2.45) is 11.8 Å². The molecule has 11 heteroatoms. The highest BCUT2D eigenvalue weighted by atomic mass is 19.3. The third-order valence-corrected chi connectivity index (χ3v) is 7.33. The molecule has 5 heterocycles. The minimum atomic E-state index is -2.83. The van der Waals surface area contributed by atoms with Crippen LogP contribution in [0.25, 0.3) is 11.0 Å². The van der Waals surface area contributed by atoms with E-state index in [1.54, 1.807) is 12.3 Å². The van der Waals surface area contributed by atoms with Crippen LogP contribution in [-0.4, -0.2) is 74.7 Å². The average molecular weight is 484 g/mol. The highest BCUT2D eigenvalue weighted by Gasteiger charge is 2.47. The Bertz CT molecular complexity index is 1250. The van der Waals surface area contributed by atoms with E-state index in [0.717, 1.165) is 48.3 Å². The molecule has 9 nitrogen and oxygen atoms in total. The number of aromatic amines is 1. The number of pyridine rings is 1. The van der Waals surface area contributed by atoms with Crippen LogP contribution in [0, 0.1) is 11.8 Å². The molecule has 1 aliphatic carbocycles. The molecule has 0 spiro atoms. The number of amides is 1. The van der Waals surface area contributed by atoms with E-state index in [9.17, 15) is 13.6 Å². The first-order valence-corrected chi connectivity index (χ1v) is 12.1. The lowest BCUT2D eigenvalue weighted by Crippen LogP contribution is -2.58. The van der Waals surface area contributed by atoms with Gasteiger partial charge < -0.3 is 14.5 Å². The fourth-order valence-corrected chi connectivity index (χ4v) is 4.96. The second-order valence-electron chi connectivity index (χ2n) is 9.97. The molecule has 1 saturated carbocycles. The van der Waals surface area contributed by atoms with Crippen molar-refractivity contribution in [2.45, 2.75) is 38.0 Å². The Balaban J connectivity index is 1.20. The van der Waals surface area contributed by atoms with Crippen LogP contribution < -0.4 is 9.64 Å². The number of carbonyl (C=O) groups excluding carboxylic acids is 1. The van der Waals surface area contributed by atoms with E-state index in [2.05, 4.69) is 37.0 Å². The summed E-state index contributed by atoms with van der Waals surface area (Å²) in [5.41, 5.74) is 1.90. The van der Waals surface area contributed by atoms with Crippen LogP contribution in [0.3, 0.4) is 0 Å². The highest BCUT2D eigenvalue weighted by molar-refractivity contribution is 5.93. The molecule has 184 valence electrons. The SMILES string of the molecule is C[C@@H]1C[C@@H]1COc1nc(C(=O)N2CC(F)(F)C2)cc(N2CCC(c3[nH]nc4ncccc34)CC2)n1. The summed E-state index contributed by atoms with van der Waals surface area (Å²) in [6.07, 6.45) is 4.56. The number of piperidine rings is 1. The first-order chi connectivity index (χ1) is 16.9. The number of nitrogens with one attached hydrogen (secondary N) is 1. The number of alkyl halides is 2. The smallest absolute Gasteiger partial charge is 0.319 e. The number of likely N-dealkylation sites (tertiary alicyclic amines) is 1. The van der Waals surface area contributed by atoms with Crippen molar-refractivity contribution in [1.82, 2.24) is 30.0 Å².